The lowest BCUT2D eigenvalue weighted by Gasteiger charge is -2.27. The second-order valence-electron chi connectivity index (χ2n) is 4.34. The van der Waals surface area contributed by atoms with Crippen molar-refractivity contribution in [3.8, 4) is 0 Å². The van der Waals surface area contributed by atoms with Gasteiger partial charge in [0.25, 0.3) is 0 Å². The molecule has 1 atom stereocenters. The molecule has 0 aromatic heterocycles. The maximum Gasteiger partial charge on any atom is 0.405 e. The molecular formula is C14H16ClNO3. The number of primary amides is 1. The smallest absolute Gasteiger partial charge is 0.405 e. The lowest BCUT2D eigenvalue weighted by Crippen LogP contribution is -2.28. The van der Waals surface area contributed by atoms with Crippen LogP contribution in [-0.4, -0.2) is 19.3 Å². The van der Waals surface area contributed by atoms with E-state index in [0.717, 1.165) is 24.0 Å². The number of carbonyl (C=O) groups excluding carboxylic acids is 1. The van der Waals surface area contributed by atoms with Gasteiger partial charge >= 0.3 is 6.09 Å². The molecule has 0 saturated carbocycles. The molecule has 0 heterocycles. The number of methoxy groups -OCH3 is 1. The van der Waals surface area contributed by atoms with Crippen LogP contribution >= 0.6 is 11.6 Å². The Bertz CT molecular complexity index is 513. The Morgan fingerprint density at radius 3 is 2.79 bits per heavy atom. The van der Waals surface area contributed by atoms with Crippen LogP contribution in [0.2, 0.25) is 5.02 Å². The van der Waals surface area contributed by atoms with Gasteiger partial charge in [0.15, 0.2) is 6.10 Å². The zero-order valence-corrected chi connectivity index (χ0v) is 11.4. The third-order valence-electron chi connectivity index (χ3n) is 3.16. The van der Waals surface area contributed by atoms with Crippen molar-refractivity contribution in [2.24, 2.45) is 5.73 Å². The van der Waals surface area contributed by atoms with Crippen molar-refractivity contribution in [2.45, 2.75) is 25.4 Å². The molecule has 0 unspecified atom stereocenters. The lowest BCUT2D eigenvalue weighted by atomic mass is 9.90. The normalized spacial score (nSPS) is 19.2. The summed E-state index contributed by atoms with van der Waals surface area (Å²) in [7, 11) is 1.56. The van der Waals surface area contributed by atoms with E-state index in [1.54, 1.807) is 7.11 Å². The molecule has 1 aliphatic rings. The molecule has 5 heteroatoms. The van der Waals surface area contributed by atoms with E-state index in [4.69, 9.17) is 26.8 Å². The minimum atomic E-state index is -0.792. The molecule has 4 nitrogen and oxygen atoms in total. The zero-order chi connectivity index (χ0) is 13.8. The summed E-state index contributed by atoms with van der Waals surface area (Å²) in [5.41, 5.74) is 6.98. The fraction of sp³-hybridized carbons (Fsp3) is 0.357. The highest BCUT2D eigenvalue weighted by atomic mass is 35.5. The predicted octanol–water partition coefficient (Wildman–Crippen LogP) is 3.35. The van der Waals surface area contributed by atoms with E-state index in [1.165, 1.54) is 0 Å². The number of allylic oxidation sites excluding steroid dienone is 1. The van der Waals surface area contributed by atoms with Gasteiger partial charge in [0.1, 0.15) is 5.76 Å². The first kappa shape index (κ1) is 13.7. The Labute approximate surface area is 117 Å². The van der Waals surface area contributed by atoms with E-state index in [9.17, 15) is 4.79 Å². The fourth-order valence-corrected chi connectivity index (χ4v) is 2.64. The molecule has 0 bridgehead atoms. The van der Waals surface area contributed by atoms with E-state index in [2.05, 4.69) is 0 Å². The molecule has 1 aromatic carbocycles. The highest BCUT2D eigenvalue weighted by Crippen LogP contribution is 2.37. The van der Waals surface area contributed by atoms with Gasteiger partial charge in [0.2, 0.25) is 0 Å². The predicted molar refractivity (Wildman–Crippen MR) is 73.7 cm³/mol. The van der Waals surface area contributed by atoms with Gasteiger partial charge in [-0.15, -0.1) is 0 Å². The number of ether oxygens (including phenoxy) is 2. The number of carbonyl (C=O) groups is 1. The van der Waals surface area contributed by atoms with Gasteiger partial charge in [0.05, 0.1) is 7.11 Å². The van der Waals surface area contributed by atoms with Crippen LogP contribution in [0.4, 0.5) is 4.79 Å². The first-order valence-electron chi connectivity index (χ1n) is 6.11. The minimum Gasteiger partial charge on any atom is -0.497 e. The van der Waals surface area contributed by atoms with Crippen molar-refractivity contribution >= 4 is 23.3 Å². The van der Waals surface area contributed by atoms with Crippen molar-refractivity contribution < 1.29 is 14.3 Å². The summed E-state index contributed by atoms with van der Waals surface area (Å²) >= 11 is 6.21. The Balaban J connectivity index is 2.42. The maximum absolute atomic E-state index is 10.9. The van der Waals surface area contributed by atoms with Gasteiger partial charge in [-0.2, -0.15) is 0 Å². The van der Waals surface area contributed by atoms with Gasteiger partial charge in [-0.05, 0) is 30.9 Å². The topological polar surface area (TPSA) is 61.6 Å². The summed E-state index contributed by atoms with van der Waals surface area (Å²) < 4.78 is 10.5. The van der Waals surface area contributed by atoms with Crippen molar-refractivity contribution in [2.75, 3.05) is 7.11 Å². The molecule has 1 aromatic rings. The third-order valence-corrected chi connectivity index (χ3v) is 3.49. The van der Waals surface area contributed by atoms with Gasteiger partial charge in [-0.1, -0.05) is 29.8 Å². The molecule has 1 aliphatic carbocycles. The molecular weight excluding hydrogens is 266 g/mol. The van der Waals surface area contributed by atoms with Gasteiger partial charge in [0, 0.05) is 10.6 Å². The number of amides is 1. The standard InChI is InChI=1S/C14H16ClNO3/c1-18-13-10(9-5-2-3-7-11(9)15)6-4-8-12(13)19-14(16)17/h2-3,5,7,12H,4,6,8H2,1H3,(H2,16,17)/t12-/m0/s1. The van der Waals surface area contributed by atoms with E-state index in [0.29, 0.717) is 17.2 Å². The number of hydrogen-bond donors (Lipinski definition) is 1. The van der Waals surface area contributed by atoms with E-state index < -0.39 is 12.2 Å². The van der Waals surface area contributed by atoms with Gasteiger partial charge in [-0.25, -0.2) is 4.79 Å². The van der Waals surface area contributed by atoms with Crippen LogP contribution in [0.25, 0.3) is 5.57 Å². The molecule has 102 valence electrons. The minimum absolute atomic E-state index is 0.428. The van der Waals surface area contributed by atoms with E-state index >= 15 is 0 Å². The first-order chi connectivity index (χ1) is 9.13. The summed E-state index contributed by atoms with van der Waals surface area (Å²) in [6, 6.07) is 7.55. The summed E-state index contributed by atoms with van der Waals surface area (Å²) in [6.07, 6.45) is 1.22. The number of hydrogen-bond acceptors (Lipinski definition) is 3. The molecule has 2 N–H and O–H groups in total. The third kappa shape index (κ3) is 3.01. The molecule has 0 spiro atoms. The maximum atomic E-state index is 10.9. The Hall–Kier alpha value is -1.68. The molecule has 0 saturated heterocycles. The highest BCUT2D eigenvalue weighted by molar-refractivity contribution is 6.32. The average molecular weight is 282 g/mol. The van der Waals surface area contributed by atoms with Crippen LogP contribution in [-0.2, 0) is 9.47 Å². The Morgan fingerprint density at radius 2 is 2.16 bits per heavy atom. The molecule has 19 heavy (non-hydrogen) atoms. The SMILES string of the molecule is COC1=C(c2ccccc2Cl)CCC[C@@H]1OC(N)=O. The van der Waals surface area contributed by atoms with E-state index in [-0.39, 0.29) is 0 Å². The highest BCUT2D eigenvalue weighted by Gasteiger charge is 2.28. The van der Waals surface area contributed by atoms with Crippen LogP contribution in [0.3, 0.4) is 0 Å². The van der Waals surface area contributed by atoms with Crippen LogP contribution in [0.5, 0.6) is 0 Å². The Morgan fingerprint density at radius 1 is 1.42 bits per heavy atom. The Kier molecular flexibility index (Phi) is 4.32. The lowest BCUT2D eigenvalue weighted by molar-refractivity contribution is 0.0788. The molecule has 2 rings (SSSR count). The molecule has 0 aliphatic heterocycles. The number of nitrogens with two attached hydrogens (primary N) is 1. The second-order valence-corrected chi connectivity index (χ2v) is 4.75. The van der Waals surface area contributed by atoms with Crippen LogP contribution in [0.15, 0.2) is 30.0 Å². The second kappa shape index (κ2) is 5.97. The summed E-state index contributed by atoms with van der Waals surface area (Å²) in [5.74, 6) is 0.637. The van der Waals surface area contributed by atoms with Crippen LogP contribution in [0.1, 0.15) is 24.8 Å². The van der Waals surface area contributed by atoms with Crippen molar-refractivity contribution in [3.63, 3.8) is 0 Å². The number of rotatable bonds is 3. The van der Waals surface area contributed by atoms with Gasteiger partial charge in [-0.3, -0.25) is 0 Å². The fourth-order valence-electron chi connectivity index (χ4n) is 2.39. The van der Waals surface area contributed by atoms with Crippen LogP contribution in [0, 0.1) is 0 Å². The van der Waals surface area contributed by atoms with Crippen molar-refractivity contribution in [1.29, 1.82) is 0 Å². The average Bonchev–Trinajstić information content (AvgIpc) is 2.38. The summed E-state index contributed by atoms with van der Waals surface area (Å²) in [5, 5.41) is 0.659. The quantitative estimate of drug-likeness (QED) is 0.924. The van der Waals surface area contributed by atoms with Crippen molar-refractivity contribution in [3.05, 3.63) is 40.6 Å². The monoisotopic (exact) mass is 281 g/mol. The van der Waals surface area contributed by atoms with Gasteiger partial charge < -0.3 is 15.2 Å². The van der Waals surface area contributed by atoms with E-state index in [1.807, 2.05) is 24.3 Å². The largest absolute Gasteiger partial charge is 0.497 e. The first-order valence-corrected chi connectivity index (χ1v) is 6.49. The summed E-state index contributed by atoms with van der Waals surface area (Å²) in [6.45, 7) is 0. The molecule has 1 amide bonds. The number of halogens is 1. The van der Waals surface area contributed by atoms with Crippen molar-refractivity contribution in [1.82, 2.24) is 0 Å². The molecule has 0 fully saturated rings. The summed E-state index contributed by atoms with van der Waals surface area (Å²) in [4.78, 5) is 10.9. The zero-order valence-electron chi connectivity index (χ0n) is 10.7. The number of benzene rings is 1. The molecule has 0 radical (unpaired) electrons. The van der Waals surface area contributed by atoms with Crippen LogP contribution < -0.4 is 5.73 Å².